The zero-order chi connectivity index (χ0) is 23.5. The van der Waals surface area contributed by atoms with Crippen molar-refractivity contribution >= 4 is 18.1 Å². The molecule has 170 valence electrons. The van der Waals surface area contributed by atoms with E-state index in [2.05, 4.69) is 10.5 Å². The molecule has 0 aliphatic rings. The molecule has 3 aromatic carbocycles. The van der Waals surface area contributed by atoms with Crippen LogP contribution in [0.1, 0.15) is 22.8 Å². The number of ether oxygens (including phenoxy) is 4. The van der Waals surface area contributed by atoms with Gasteiger partial charge in [0.15, 0.2) is 18.1 Å². The number of carbonyl (C=O) groups excluding carboxylic acids is 2. The highest BCUT2D eigenvalue weighted by Crippen LogP contribution is 2.25. The van der Waals surface area contributed by atoms with Gasteiger partial charge in [0.05, 0.1) is 25.5 Å². The maximum atomic E-state index is 12.3. The van der Waals surface area contributed by atoms with Crippen LogP contribution in [0, 0.1) is 0 Å². The van der Waals surface area contributed by atoms with E-state index in [-0.39, 0.29) is 6.61 Å². The van der Waals surface area contributed by atoms with Gasteiger partial charge in [0.25, 0.3) is 5.91 Å². The van der Waals surface area contributed by atoms with E-state index in [9.17, 15) is 9.59 Å². The van der Waals surface area contributed by atoms with Crippen LogP contribution in [0.15, 0.2) is 77.9 Å². The van der Waals surface area contributed by atoms with Gasteiger partial charge < -0.3 is 18.9 Å². The number of amides is 1. The summed E-state index contributed by atoms with van der Waals surface area (Å²) in [5.74, 6) is 1.20. The minimum Gasteiger partial charge on any atom is -0.494 e. The molecule has 0 aromatic heterocycles. The van der Waals surface area contributed by atoms with Crippen molar-refractivity contribution < 1.29 is 28.5 Å². The summed E-state index contributed by atoms with van der Waals surface area (Å²) in [5.41, 5.74) is 3.52. The largest absolute Gasteiger partial charge is 0.494 e. The van der Waals surface area contributed by atoms with Crippen molar-refractivity contribution in [3.05, 3.63) is 83.9 Å². The Bertz CT molecular complexity index is 1090. The average molecular weight is 448 g/mol. The molecule has 8 nitrogen and oxygen atoms in total. The van der Waals surface area contributed by atoms with Crippen LogP contribution in [-0.2, 0) is 4.79 Å². The van der Waals surface area contributed by atoms with Gasteiger partial charge in [-0.25, -0.2) is 10.2 Å². The number of hydrogen-bond donors (Lipinski definition) is 1. The molecule has 0 unspecified atom stereocenters. The number of rotatable bonds is 10. The summed E-state index contributed by atoms with van der Waals surface area (Å²) in [7, 11) is 1.53. The van der Waals surface area contributed by atoms with Crippen LogP contribution in [0.5, 0.6) is 23.0 Å². The monoisotopic (exact) mass is 448 g/mol. The molecule has 0 spiro atoms. The summed E-state index contributed by atoms with van der Waals surface area (Å²) >= 11 is 0. The predicted octanol–water partition coefficient (Wildman–Crippen LogP) is 3.84. The Morgan fingerprint density at radius 2 is 1.55 bits per heavy atom. The Morgan fingerprint density at radius 3 is 2.21 bits per heavy atom. The molecule has 0 aliphatic carbocycles. The summed E-state index contributed by atoms with van der Waals surface area (Å²) < 4.78 is 21.3. The molecule has 0 saturated heterocycles. The standard InChI is InChI=1S/C25H24N2O6/c1-3-31-20-14-10-19(11-15-20)25(29)33-21-12-8-18(9-13-21)16-26-27-24(28)17-32-23-7-5-4-6-22(23)30-2/h4-16H,3,17H2,1-2H3,(H,27,28)/b26-16+. The number of methoxy groups -OCH3 is 1. The molecule has 0 bridgehead atoms. The first-order valence-electron chi connectivity index (χ1n) is 10.2. The molecule has 0 aliphatic heterocycles. The van der Waals surface area contributed by atoms with Gasteiger partial charge in [0.1, 0.15) is 11.5 Å². The second kappa shape index (κ2) is 11.9. The molecule has 3 rings (SSSR count). The highest BCUT2D eigenvalue weighted by Gasteiger charge is 2.09. The Labute approximate surface area is 191 Å². The van der Waals surface area contributed by atoms with Gasteiger partial charge >= 0.3 is 5.97 Å². The minimum atomic E-state index is -0.471. The maximum absolute atomic E-state index is 12.3. The van der Waals surface area contributed by atoms with Crippen LogP contribution in [0.25, 0.3) is 0 Å². The van der Waals surface area contributed by atoms with Gasteiger partial charge in [0, 0.05) is 0 Å². The van der Waals surface area contributed by atoms with Crippen LogP contribution >= 0.6 is 0 Å². The van der Waals surface area contributed by atoms with Crippen LogP contribution < -0.4 is 24.4 Å². The number of para-hydroxylation sites is 2. The lowest BCUT2D eigenvalue weighted by Crippen LogP contribution is -2.24. The van der Waals surface area contributed by atoms with Crippen LogP contribution in [0.3, 0.4) is 0 Å². The Kier molecular flexibility index (Phi) is 8.41. The van der Waals surface area contributed by atoms with E-state index in [0.29, 0.717) is 40.7 Å². The van der Waals surface area contributed by atoms with E-state index in [1.807, 2.05) is 13.0 Å². The Hall–Kier alpha value is -4.33. The van der Waals surface area contributed by atoms with E-state index in [1.54, 1.807) is 66.7 Å². The van der Waals surface area contributed by atoms with Crippen molar-refractivity contribution in [3.63, 3.8) is 0 Å². The molecule has 3 aromatic rings. The molecule has 8 heteroatoms. The number of esters is 1. The summed E-state index contributed by atoms with van der Waals surface area (Å²) in [6.07, 6.45) is 1.47. The van der Waals surface area contributed by atoms with E-state index >= 15 is 0 Å². The van der Waals surface area contributed by atoms with E-state index in [0.717, 1.165) is 0 Å². The summed E-state index contributed by atoms with van der Waals surface area (Å²) in [5, 5.41) is 3.90. The zero-order valence-electron chi connectivity index (χ0n) is 18.3. The zero-order valence-corrected chi connectivity index (χ0v) is 18.3. The van der Waals surface area contributed by atoms with Crippen LogP contribution in [-0.4, -0.2) is 38.4 Å². The molecule has 1 amide bonds. The third-order valence-electron chi connectivity index (χ3n) is 4.32. The smallest absolute Gasteiger partial charge is 0.343 e. The molecule has 0 atom stereocenters. The highest BCUT2D eigenvalue weighted by molar-refractivity contribution is 5.91. The fraction of sp³-hybridized carbons (Fsp3) is 0.160. The SMILES string of the molecule is CCOc1ccc(C(=O)Oc2ccc(/C=N/NC(=O)COc3ccccc3OC)cc2)cc1. The topological polar surface area (TPSA) is 95.5 Å². The van der Waals surface area contributed by atoms with Gasteiger partial charge in [-0.3, -0.25) is 4.79 Å². The molecule has 0 radical (unpaired) electrons. The summed E-state index contributed by atoms with van der Waals surface area (Å²) in [4.78, 5) is 24.2. The number of benzene rings is 3. The van der Waals surface area contributed by atoms with Crippen molar-refractivity contribution in [2.45, 2.75) is 6.92 Å². The predicted molar refractivity (Wildman–Crippen MR) is 123 cm³/mol. The first kappa shape index (κ1) is 23.3. The molecule has 0 heterocycles. The normalized spacial score (nSPS) is 10.5. The van der Waals surface area contributed by atoms with E-state index < -0.39 is 11.9 Å². The second-order valence-electron chi connectivity index (χ2n) is 6.65. The lowest BCUT2D eigenvalue weighted by Gasteiger charge is -2.09. The van der Waals surface area contributed by atoms with Crippen molar-refractivity contribution in [3.8, 4) is 23.0 Å². The summed E-state index contributed by atoms with van der Waals surface area (Å²) in [6.45, 7) is 2.24. The fourth-order valence-corrected chi connectivity index (χ4v) is 2.73. The molecular weight excluding hydrogens is 424 g/mol. The molecule has 0 fully saturated rings. The number of nitrogens with one attached hydrogen (secondary N) is 1. The minimum absolute atomic E-state index is 0.210. The van der Waals surface area contributed by atoms with Gasteiger partial charge in [-0.1, -0.05) is 12.1 Å². The number of hydrogen-bond acceptors (Lipinski definition) is 7. The highest BCUT2D eigenvalue weighted by atomic mass is 16.5. The third kappa shape index (κ3) is 7.10. The second-order valence-corrected chi connectivity index (χ2v) is 6.65. The molecular formula is C25H24N2O6. The Morgan fingerprint density at radius 1 is 0.879 bits per heavy atom. The molecule has 1 N–H and O–H groups in total. The van der Waals surface area contributed by atoms with Crippen molar-refractivity contribution in [2.75, 3.05) is 20.3 Å². The van der Waals surface area contributed by atoms with Crippen LogP contribution in [0.4, 0.5) is 0 Å². The lowest BCUT2D eigenvalue weighted by molar-refractivity contribution is -0.123. The van der Waals surface area contributed by atoms with Crippen molar-refractivity contribution in [1.29, 1.82) is 0 Å². The van der Waals surface area contributed by atoms with Gasteiger partial charge in [-0.2, -0.15) is 5.10 Å². The average Bonchev–Trinajstić information content (AvgIpc) is 2.84. The first-order chi connectivity index (χ1) is 16.1. The van der Waals surface area contributed by atoms with Crippen molar-refractivity contribution in [1.82, 2.24) is 5.43 Å². The number of nitrogens with zero attached hydrogens (tertiary/aromatic N) is 1. The van der Waals surface area contributed by atoms with E-state index in [1.165, 1.54) is 13.3 Å². The molecule has 0 saturated carbocycles. The number of hydrazone groups is 1. The Balaban J connectivity index is 1.46. The quantitative estimate of drug-likeness (QED) is 0.219. The van der Waals surface area contributed by atoms with Crippen molar-refractivity contribution in [2.24, 2.45) is 5.10 Å². The van der Waals surface area contributed by atoms with Gasteiger partial charge in [-0.15, -0.1) is 0 Å². The fourth-order valence-electron chi connectivity index (χ4n) is 2.73. The lowest BCUT2D eigenvalue weighted by atomic mass is 10.2. The number of carbonyl (C=O) groups is 2. The summed E-state index contributed by atoms with van der Waals surface area (Å²) in [6, 6.07) is 20.5. The van der Waals surface area contributed by atoms with Gasteiger partial charge in [-0.05, 0) is 73.2 Å². The van der Waals surface area contributed by atoms with Gasteiger partial charge in [0.2, 0.25) is 0 Å². The first-order valence-corrected chi connectivity index (χ1v) is 10.2. The maximum Gasteiger partial charge on any atom is 0.343 e. The van der Waals surface area contributed by atoms with E-state index in [4.69, 9.17) is 18.9 Å². The van der Waals surface area contributed by atoms with Crippen LogP contribution in [0.2, 0.25) is 0 Å². The third-order valence-corrected chi connectivity index (χ3v) is 4.32. The molecule has 33 heavy (non-hydrogen) atoms.